The molecule has 1 rings (SSSR count). The maximum atomic E-state index is 10.1. The zero-order valence-electron chi connectivity index (χ0n) is 7.13. The van der Waals surface area contributed by atoms with Crippen LogP contribution in [0, 0.1) is 0 Å². The summed E-state index contributed by atoms with van der Waals surface area (Å²) in [6, 6.07) is 1.27. The number of rotatable bonds is 2. The van der Waals surface area contributed by atoms with Gasteiger partial charge >= 0.3 is 0 Å². The Kier molecular flexibility index (Phi) is 6.86. The van der Waals surface area contributed by atoms with Gasteiger partial charge in [0.1, 0.15) is 4.34 Å². The Morgan fingerprint density at radius 3 is 2.29 bits per heavy atom. The summed E-state index contributed by atoms with van der Waals surface area (Å²) in [5.41, 5.74) is 3.35. The highest BCUT2D eigenvalue weighted by Crippen LogP contribution is 2.30. The maximum Gasteiger partial charge on any atom is 0.112 e. The van der Waals surface area contributed by atoms with Crippen molar-refractivity contribution in [2.24, 2.45) is 0 Å². The highest BCUT2D eigenvalue weighted by Gasteiger charge is 2.04. The fourth-order valence-corrected chi connectivity index (χ4v) is 1.65. The van der Waals surface area contributed by atoms with Crippen LogP contribution in [0.1, 0.15) is 9.67 Å². The van der Waals surface area contributed by atoms with E-state index in [1.54, 1.807) is 0 Å². The molecule has 0 aliphatic carbocycles. The van der Waals surface area contributed by atoms with E-state index in [1.807, 2.05) is 0 Å². The highest BCUT2D eigenvalue weighted by molar-refractivity contribution is 7.18. The number of halogens is 2. The van der Waals surface area contributed by atoms with Gasteiger partial charge in [0.05, 0.1) is 29.0 Å². The summed E-state index contributed by atoms with van der Waals surface area (Å²) >= 11 is 11.8. The van der Waals surface area contributed by atoms with Crippen LogP contribution in [0.15, 0.2) is 6.07 Å². The minimum atomic E-state index is -1.25. The molecule has 0 aliphatic rings. The van der Waals surface area contributed by atoms with Crippen molar-refractivity contribution in [1.82, 2.24) is 0 Å². The molecule has 0 aliphatic heterocycles. The molecule has 1 heterocycles. The number of carbonyl (C=O) groups is 1. The molecule has 0 bridgehead atoms. The maximum absolute atomic E-state index is 10.1. The number of hydrogen-bond donors (Lipinski definition) is 2. The number of aliphatic hydroxyl groups is 1. The summed E-state index contributed by atoms with van der Waals surface area (Å²) in [5.74, 6) is -1.25. The number of hydrogen-bond acceptors (Lipinski definition) is 4. The van der Waals surface area contributed by atoms with Crippen molar-refractivity contribution in [3.63, 3.8) is 0 Å². The third-order valence-electron chi connectivity index (χ3n) is 1.00. The Morgan fingerprint density at radius 1 is 1.64 bits per heavy atom. The van der Waals surface area contributed by atoms with E-state index < -0.39 is 5.97 Å². The lowest BCUT2D eigenvalue weighted by Crippen LogP contribution is -2.51. The summed E-state index contributed by atoms with van der Waals surface area (Å²) in [5, 5.41) is 18.2. The lowest BCUT2D eigenvalue weighted by atomic mass is 10.5. The molecule has 0 aromatic carbocycles. The van der Waals surface area contributed by atoms with E-state index in [0.29, 0.717) is 6.54 Å². The lowest BCUT2D eigenvalue weighted by Gasteiger charge is -1.91. The summed E-state index contributed by atoms with van der Waals surface area (Å²) in [7, 11) is 0. The Labute approximate surface area is 94.9 Å². The van der Waals surface area contributed by atoms with Crippen molar-refractivity contribution in [1.29, 1.82) is 0 Å². The van der Waals surface area contributed by atoms with E-state index in [2.05, 4.69) is 5.73 Å². The molecule has 0 radical (unpaired) electrons. The number of carboxylic acid groups (broad SMARTS) is 1. The summed E-state index contributed by atoms with van der Waals surface area (Å²) in [6.45, 7) is 0.833. The normalized spacial score (nSPS) is 9.14. The molecule has 0 amide bonds. The first-order valence-electron chi connectivity index (χ1n) is 3.59. The third-order valence-corrected chi connectivity index (χ3v) is 2.85. The van der Waals surface area contributed by atoms with Gasteiger partial charge in [0.25, 0.3) is 0 Å². The molecule has 0 saturated heterocycles. The molecule has 0 fully saturated rings. The van der Waals surface area contributed by atoms with Crippen molar-refractivity contribution >= 4 is 40.5 Å². The van der Waals surface area contributed by atoms with Crippen LogP contribution < -0.4 is 10.8 Å². The van der Waals surface area contributed by atoms with Gasteiger partial charge in [-0.3, -0.25) is 0 Å². The molecule has 80 valence electrons. The minimum absolute atomic E-state index is 0.0509. The van der Waals surface area contributed by atoms with Crippen LogP contribution >= 0.6 is 34.5 Å². The van der Waals surface area contributed by atoms with Gasteiger partial charge in [0.2, 0.25) is 0 Å². The van der Waals surface area contributed by atoms with Crippen molar-refractivity contribution < 1.29 is 20.7 Å². The first-order chi connectivity index (χ1) is 6.52. The fraction of sp³-hybridized carbons (Fsp3) is 0.286. The number of quaternary nitrogens is 1. The monoisotopic (exact) mass is 257 g/mol. The predicted octanol–water partition coefficient (Wildman–Crippen LogP) is -0.361. The molecule has 1 aromatic heterocycles. The Bertz CT molecular complexity index is 282. The zero-order chi connectivity index (χ0) is 11.1. The largest absolute Gasteiger partial charge is 0.544 e. The summed E-state index contributed by atoms with van der Waals surface area (Å²) in [4.78, 5) is 10.2. The SMILES string of the molecule is O=C([O-])c1cc(Cl)c(Cl)s1.[NH3+]CCO. The van der Waals surface area contributed by atoms with Crippen molar-refractivity contribution in [2.45, 2.75) is 0 Å². The standard InChI is InChI=1S/C5H2Cl2O2S.C2H7NO/c6-2-1-3(5(8)9)10-4(2)7;3-1-2-4/h1H,(H,8,9);4H,1-3H2. The minimum Gasteiger partial charge on any atom is -0.544 e. The second kappa shape index (κ2) is 7.03. The fourth-order valence-electron chi connectivity index (χ4n) is 0.447. The third kappa shape index (κ3) is 4.78. The first kappa shape index (κ1) is 13.7. The average Bonchev–Trinajstić information content (AvgIpc) is 2.48. The van der Waals surface area contributed by atoms with Crippen LogP contribution in [0.25, 0.3) is 0 Å². The molecule has 1 aromatic rings. The Morgan fingerprint density at radius 2 is 2.14 bits per heavy atom. The van der Waals surface area contributed by atoms with E-state index in [4.69, 9.17) is 28.3 Å². The molecular weight excluding hydrogens is 249 g/mol. The number of aromatic carboxylic acids is 1. The van der Waals surface area contributed by atoms with Crippen LogP contribution in [0.3, 0.4) is 0 Å². The molecular formula is C7H9Cl2NO3S. The van der Waals surface area contributed by atoms with Crippen molar-refractivity contribution in [2.75, 3.05) is 13.2 Å². The van der Waals surface area contributed by atoms with Crippen LogP contribution in [-0.4, -0.2) is 24.2 Å². The molecule has 4 nitrogen and oxygen atoms in total. The number of thiophene rings is 1. The quantitative estimate of drug-likeness (QED) is 0.759. The number of carbonyl (C=O) groups excluding carboxylic acids is 1. The van der Waals surface area contributed by atoms with Crippen LogP contribution in [-0.2, 0) is 0 Å². The van der Waals surface area contributed by atoms with Gasteiger partial charge in [-0.25, -0.2) is 0 Å². The van der Waals surface area contributed by atoms with Crippen molar-refractivity contribution in [3.05, 3.63) is 20.3 Å². The highest BCUT2D eigenvalue weighted by atomic mass is 35.5. The topological polar surface area (TPSA) is 88.0 Å². The molecule has 0 saturated carbocycles. The molecule has 14 heavy (non-hydrogen) atoms. The van der Waals surface area contributed by atoms with Gasteiger partial charge < -0.3 is 20.7 Å². The second-order valence-electron chi connectivity index (χ2n) is 2.10. The van der Waals surface area contributed by atoms with Gasteiger partial charge in [0.15, 0.2) is 0 Å². The summed E-state index contributed by atoms with van der Waals surface area (Å²) < 4.78 is 0.279. The predicted molar refractivity (Wildman–Crippen MR) is 53.5 cm³/mol. The van der Waals surface area contributed by atoms with Crippen molar-refractivity contribution in [3.8, 4) is 0 Å². The molecule has 7 heteroatoms. The van der Waals surface area contributed by atoms with Crippen LogP contribution in [0.2, 0.25) is 9.36 Å². The number of aliphatic hydroxyl groups excluding tert-OH is 1. The van der Waals surface area contributed by atoms with Gasteiger partial charge in [-0.05, 0) is 6.07 Å². The zero-order valence-corrected chi connectivity index (χ0v) is 9.45. The second-order valence-corrected chi connectivity index (χ2v) is 4.16. The summed E-state index contributed by atoms with van der Waals surface area (Å²) in [6.07, 6.45) is 0. The first-order valence-corrected chi connectivity index (χ1v) is 5.16. The van der Waals surface area contributed by atoms with Gasteiger partial charge in [-0.15, -0.1) is 11.3 Å². The average molecular weight is 258 g/mol. The van der Waals surface area contributed by atoms with Gasteiger partial charge in [0, 0.05) is 0 Å². The lowest BCUT2D eigenvalue weighted by molar-refractivity contribution is -0.372. The molecule has 0 unspecified atom stereocenters. The Hall–Kier alpha value is -0.330. The molecule has 0 atom stereocenters. The number of carboxylic acids is 1. The van der Waals surface area contributed by atoms with Crippen LogP contribution in [0.4, 0.5) is 0 Å². The molecule has 0 spiro atoms. The van der Waals surface area contributed by atoms with Crippen LogP contribution in [0.5, 0.6) is 0 Å². The van der Waals surface area contributed by atoms with E-state index in [9.17, 15) is 9.90 Å². The van der Waals surface area contributed by atoms with E-state index in [0.717, 1.165) is 11.3 Å². The smallest absolute Gasteiger partial charge is 0.112 e. The van der Waals surface area contributed by atoms with E-state index in [1.165, 1.54) is 6.07 Å². The van der Waals surface area contributed by atoms with E-state index in [-0.39, 0.29) is 20.8 Å². The van der Waals surface area contributed by atoms with E-state index >= 15 is 0 Å². The van der Waals surface area contributed by atoms with Gasteiger partial charge in [-0.1, -0.05) is 23.2 Å². The van der Waals surface area contributed by atoms with Gasteiger partial charge in [-0.2, -0.15) is 0 Å². The Balaban J connectivity index is 0.000000364. The molecule has 4 N–H and O–H groups in total.